The van der Waals surface area contributed by atoms with Gasteiger partial charge in [0, 0.05) is 23.7 Å². The summed E-state index contributed by atoms with van der Waals surface area (Å²) < 4.78 is 5.70. The Morgan fingerprint density at radius 1 is 1.17 bits per heavy atom. The van der Waals surface area contributed by atoms with Crippen LogP contribution in [-0.4, -0.2) is 23.1 Å². The molecule has 0 aliphatic carbocycles. The Bertz CT molecular complexity index is 727. The molecule has 5 nitrogen and oxygen atoms in total. The molecule has 0 spiro atoms. The quantitative estimate of drug-likeness (QED) is 0.809. The molecule has 1 atom stereocenters. The smallest absolute Gasteiger partial charge is 0.303 e. The normalized spacial score (nSPS) is 11.6. The van der Waals surface area contributed by atoms with E-state index < -0.39 is 5.97 Å². The molecular formula is C19H21NO4. The first kappa shape index (κ1) is 17.5. The van der Waals surface area contributed by atoms with Gasteiger partial charge in [-0.05, 0) is 44.0 Å². The van der Waals surface area contributed by atoms with E-state index in [1.807, 2.05) is 32.0 Å². The van der Waals surface area contributed by atoms with Gasteiger partial charge in [-0.25, -0.2) is 0 Å². The molecule has 0 aliphatic rings. The molecule has 0 fully saturated rings. The monoisotopic (exact) mass is 327 g/mol. The van der Waals surface area contributed by atoms with Gasteiger partial charge < -0.3 is 15.2 Å². The third kappa shape index (κ3) is 5.12. The zero-order valence-corrected chi connectivity index (χ0v) is 13.8. The topological polar surface area (TPSA) is 75.6 Å². The van der Waals surface area contributed by atoms with Gasteiger partial charge in [-0.2, -0.15) is 0 Å². The van der Waals surface area contributed by atoms with Gasteiger partial charge in [-0.1, -0.05) is 24.3 Å². The fourth-order valence-electron chi connectivity index (χ4n) is 2.29. The number of anilines is 1. The lowest BCUT2D eigenvalue weighted by Gasteiger charge is -2.15. The number of carboxylic acids is 1. The number of hydrogen-bond acceptors (Lipinski definition) is 3. The van der Waals surface area contributed by atoms with Crippen LogP contribution in [0.15, 0.2) is 48.5 Å². The van der Waals surface area contributed by atoms with Crippen molar-refractivity contribution in [1.82, 2.24) is 0 Å². The van der Waals surface area contributed by atoms with Crippen LogP contribution in [-0.2, 0) is 4.79 Å². The van der Waals surface area contributed by atoms with Crippen LogP contribution in [0, 0.1) is 6.92 Å². The van der Waals surface area contributed by atoms with Gasteiger partial charge in [0.15, 0.2) is 0 Å². The van der Waals surface area contributed by atoms with E-state index in [9.17, 15) is 9.59 Å². The van der Waals surface area contributed by atoms with Crippen LogP contribution in [0.1, 0.15) is 35.7 Å². The number of aliphatic carboxylic acids is 1. The maximum Gasteiger partial charge on any atom is 0.303 e. The first-order chi connectivity index (χ1) is 11.5. The van der Waals surface area contributed by atoms with Crippen molar-refractivity contribution in [3.05, 3.63) is 59.7 Å². The van der Waals surface area contributed by atoms with Crippen molar-refractivity contribution in [2.75, 3.05) is 5.32 Å². The molecule has 1 unspecified atom stereocenters. The van der Waals surface area contributed by atoms with Crippen LogP contribution < -0.4 is 10.1 Å². The minimum absolute atomic E-state index is 0.0604. The highest BCUT2D eigenvalue weighted by atomic mass is 16.5. The second kappa shape index (κ2) is 8.15. The van der Waals surface area contributed by atoms with Gasteiger partial charge in [0.1, 0.15) is 5.75 Å². The molecule has 0 saturated carbocycles. The fraction of sp³-hybridized carbons (Fsp3) is 0.263. The first-order valence-corrected chi connectivity index (χ1v) is 7.81. The number of nitrogens with one attached hydrogen (secondary N) is 1. The molecule has 2 aromatic rings. The summed E-state index contributed by atoms with van der Waals surface area (Å²) >= 11 is 0. The summed E-state index contributed by atoms with van der Waals surface area (Å²) in [4.78, 5) is 22.9. The Morgan fingerprint density at radius 2 is 1.92 bits per heavy atom. The van der Waals surface area contributed by atoms with Gasteiger partial charge in [0.2, 0.25) is 0 Å². The Kier molecular flexibility index (Phi) is 5.95. The van der Waals surface area contributed by atoms with Crippen molar-refractivity contribution in [3.63, 3.8) is 0 Å². The number of benzene rings is 2. The highest BCUT2D eigenvalue weighted by molar-refractivity contribution is 6.05. The van der Waals surface area contributed by atoms with Gasteiger partial charge >= 0.3 is 5.97 Å². The van der Waals surface area contributed by atoms with Crippen LogP contribution in [0.25, 0.3) is 0 Å². The highest BCUT2D eigenvalue weighted by Gasteiger charge is 2.10. The molecule has 2 rings (SSSR count). The SMILES string of the molecule is Cc1ccccc1C(=O)Nc1cccc(OC(C)CCC(=O)O)c1. The summed E-state index contributed by atoms with van der Waals surface area (Å²) in [6, 6.07) is 14.5. The largest absolute Gasteiger partial charge is 0.491 e. The van der Waals surface area contributed by atoms with Crippen molar-refractivity contribution >= 4 is 17.6 Å². The van der Waals surface area contributed by atoms with Crippen LogP contribution >= 0.6 is 0 Å². The number of amides is 1. The Hall–Kier alpha value is -2.82. The fourth-order valence-corrected chi connectivity index (χ4v) is 2.29. The average molecular weight is 327 g/mol. The average Bonchev–Trinajstić information content (AvgIpc) is 2.53. The molecule has 126 valence electrons. The van der Waals surface area contributed by atoms with Crippen molar-refractivity contribution in [1.29, 1.82) is 0 Å². The summed E-state index contributed by atoms with van der Waals surface area (Å²) in [5, 5.41) is 11.5. The van der Waals surface area contributed by atoms with E-state index in [1.165, 1.54) is 0 Å². The summed E-state index contributed by atoms with van der Waals surface area (Å²) in [7, 11) is 0. The Morgan fingerprint density at radius 3 is 2.62 bits per heavy atom. The van der Waals surface area contributed by atoms with E-state index in [1.54, 1.807) is 30.3 Å². The molecule has 24 heavy (non-hydrogen) atoms. The Labute approximate surface area is 141 Å². The lowest BCUT2D eigenvalue weighted by molar-refractivity contribution is -0.137. The third-order valence-corrected chi connectivity index (χ3v) is 3.58. The molecule has 2 aromatic carbocycles. The van der Waals surface area contributed by atoms with Crippen LogP contribution in [0.3, 0.4) is 0 Å². The van der Waals surface area contributed by atoms with Gasteiger partial charge in [-0.15, -0.1) is 0 Å². The number of rotatable bonds is 7. The molecule has 0 bridgehead atoms. The number of carbonyl (C=O) groups is 2. The van der Waals surface area contributed by atoms with Crippen molar-refractivity contribution in [3.8, 4) is 5.75 Å². The predicted molar refractivity (Wildman–Crippen MR) is 92.5 cm³/mol. The van der Waals surface area contributed by atoms with Gasteiger partial charge in [0.05, 0.1) is 6.10 Å². The molecule has 0 saturated heterocycles. The molecule has 0 aromatic heterocycles. The molecule has 0 radical (unpaired) electrons. The van der Waals surface area contributed by atoms with Crippen molar-refractivity contribution in [2.45, 2.75) is 32.8 Å². The maximum absolute atomic E-state index is 12.3. The number of ether oxygens (including phenoxy) is 1. The summed E-state index contributed by atoms with van der Waals surface area (Å²) in [5.74, 6) is -0.427. The highest BCUT2D eigenvalue weighted by Crippen LogP contribution is 2.20. The minimum Gasteiger partial charge on any atom is -0.491 e. The number of carboxylic acid groups (broad SMARTS) is 1. The van der Waals surface area contributed by atoms with E-state index in [0.717, 1.165) is 5.56 Å². The summed E-state index contributed by atoms with van der Waals surface area (Å²) in [6.07, 6.45) is 0.267. The zero-order chi connectivity index (χ0) is 17.5. The molecule has 0 aliphatic heterocycles. The van der Waals surface area contributed by atoms with Crippen molar-refractivity contribution < 1.29 is 19.4 Å². The maximum atomic E-state index is 12.3. The van der Waals surface area contributed by atoms with Crippen LogP contribution in [0.2, 0.25) is 0 Å². The van der Waals surface area contributed by atoms with Gasteiger partial charge in [0.25, 0.3) is 5.91 Å². The molecule has 0 heterocycles. The molecule has 1 amide bonds. The lowest BCUT2D eigenvalue weighted by Crippen LogP contribution is -2.15. The van der Waals surface area contributed by atoms with Gasteiger partial charge in [-0.3, -0.25) is 9.59 Å². The second-order valence-corrected chi connectivity index (χ2v) is 5.66. The van der Waals surface area contributed by atoms with Crippen molar-refractivity contribution in [2.24, 2.45) is 0 Å². The third-order valence-electron chi connectivity index (χ3n) is 3.58. The zero-order valence-electron chi connectivity index (χ0n) is 13.8. The second-order valence-electron chi connectivity index (χ2n) is 5.66. The van der Waals surface area contributed by atoms with E-state index in [0.29, 0.717) is 23.4 Å². The standard InChI is InChI=1S/C19H21NO4/c1-13-6-3-4-9-17(13)19(23)20-15-7-5-8-16(12-15)24-14(2)10-11-18(21)22/h3-9,12,14H,10-11H2,1-2H3,(H,20,23)(H,21,22). The number of aryl methyl sites for hydroxylation is 1. The molecule has 2 N–H and O–H groups in total. The summed E-state index contributed by atoms with van der Waals surface area (Å²) in [5.41, 5.74) is 2.16. The number of carbonyl (C=O) groups excluding carboxylic acids is 1. The lowest BCUT2D eigenvalue weighted by atomic mass is 10.1. The Balaban J connectivity index is 2.01. The van der Waals surface area contributed by atoms with E-state index >= 15 is 0 Å². The number of hydrogen-bond donors (Lipinski definition) is 2. The minimum atomic E-state index is -0.843. The van der Waals surface area contributed by atoms with Crippen LogP contribution in [0.5, 0.6) is 5.75 Å². The van der Waals surface area contributed by atoms with E-state index in [4.69, 9.17) is 9.84 Å². The first-order valence-electron chi connectivity index (χ1n) is 7.81. The predicted octanol–water partition coefficient (Wildman–Crippen LogP) is 3.88. The van der Waals surface area contributed by atoms with Crippen LogP contribution in [0.4, 0.5) is 5.69 Å². The van der Waals surface area contributed by atoms with E-state index in [2.05, 4.69) is 5.32 Å². The van der Waals surface area contributed by atoms with E-state index in [-0.39, 0.29) is 18.4 Å². The molecular weight excluding hydrogens is 306 g/mol. The molecule has 5 heteroatoms. The summed E-state index contributed by atoms with van der Waals surface area (Å²) in [6.45, 7) is 3.71.